The molecule has 1 aliphatic heterocycles. The Kier molecular flexibility index (Phi) is 4.31. The standard InChI is InChI=1S/C18H15ClN4O2/c1-4-10-23-14(9-8-12-6-5-7-13(19)11-12)21(2)15-16(24)20-18(25)22(3)17(15)23/h1,5-7,11,14H,10H2,2-3H3,(H,20,24,25). The number of anilines is 2. The number of nitrogens with one attached hydrogen (secondary N) is 1. The number of hydrogen-bond donors (Lipinski definition) is 1. The largest absolute Gasteiger partial charge is 0.337 e. The van der Waals surface area contributed by atoms with Gasteiger partial charge in [0.15, 0.2) is 6.17 Å². The molecule has 0 saturated heterocycles. The Labute approximate surface area is 149 Å². The van der Waals surface area contributed by atoms with Gasteiger partial charge in [0.05, 0.1) is 6.54 Å². The van der Waals surface area contributed by atoms with E-state index in [1.54, 1.807) is 36.0 Å². The van der Waals surface area contributed by atoms with Gasteiger partial charge in [-0.25, -0.2) is 4.79 Å². The maximum Gasteiger partial charge on any atom is 0.329 e. The van der Waals surface area contributed by atoms with Crippen LogP contribution >= 0.6 is 11.6 Å². The first-order chi connectivity index (χ1) is 11.9. The van der Waals surface area contributed by atoms with Gasteiger partial charge in [-0.3, -0.25) is 14.3 Å². The number of halogens is 1. The maximum absolute atomic E-state index is 12.3. The van der Waals surface area contributed by atoms with Crippen molar-refractivity contribution in [2.45, 2.75) is 6.17 Å². The summed E-state index contributed by atoms with van der Waals surface area (Å²) >= 11 is 5.98. The molecule has 2 heterocycles. The fourth-order valence-electron chi connectivity index (χ4n) is 2.84. The normalized spacial score (nSPS) is 15.4. The van der Waals surface area contributed by atoms with Gasteiger partial charge in [-0.1, -0.05) is 35.4 Å². The Bertz CT molecular complexity index is 1050. The number of aromatic nitrogens is 2. The monoisotopic (exact) mass is 354 g/mol. The van der Waals surface area contributed by atoms with Crippen LogP contribution in [0.25, 0.3) is 0 Å². The number of nitrogens with zero attached hydrogens (tertiary/aromatic N) is 3. The van der Waals surface area contributed by atoms with Crippen LogP contribution in [0.15, 0.2) is 33.9 Å². The molecule has 1 N–H and O–H groups in total. The summed E-state index contributed by atoms with van der Waals surface area (Å²) in [5.74, 6) is 9.17. The first-order valence-corrected chi connectivity index (χ1v) is 7.85. The lowest BCUT2D eigenvalue weighted by Crippen LogP contribution is -2.41. The third-order valence-electron chi connectivity index (χ3n) is 3.99. The summed E-state index contributed by atoms with van der Waals surface area (Å²) in [4.78, 5) is 30.0. The lowest BCUT2D eigenvalue weighted by Gasteiger charge is -2.24. The van der Waals surface area contributed by atoms with Crippen molar-refractivity contribution in [1.29, 1.82) is 0 Å². The lowest BCUT2D eigenvalue weighted by molar-refractivity contribution is 0.734. The van der Waals surface area contributed by atoms with E-state index >= 15 is 0 Å². The minimum Gasteiger partial charge on any atom is -0.337 e. The molecule has 6 nitrogen and oxygen atoms in total. The predicted molar refractivity (Wildman–Crippen MR) is 99.0 cm³/mol. The van der Waals surface area contributed by atoms with E-state index < -0.39 is 17.4 Å². The number of fused-ring (bicyclic) bond motifs is 1. The second kappa shape index (κ2) is 6.43. The molecule has 3 rings (SSSR count). The average Bonchev–Trinajstić information content (AvgIpc) is 2.84. The molecule has 126 valence electrons. The van der Waals surface area contributed by atoms with Crippen LogP contribution in [0.1, 0.15) is 5.56 Å². The van der Waals surface area contributed by atoms with Gasteiger partial charge in [-0.2, -0.15) is 0 Å². The van der Waals surface area contributed by atoms with Crippen LogP contribution < -0.4 is 21.0 Å². The van der Waals surface area contributed by atoms with Crippen molar-refractivity contribution in [3.63, 3.8) is 0 Å². The minimum atomic E-state index is -0.498. The van der Waals surface area contributed by atoms with Crippen molar-refractivity contribution in [1.82, 2.24) is 9.55 Å². The molecule has 1 aliphatic rings. The third kappa shape index (κ3) is 2.88. The number of benzene rings is 1. The van der Waals surface area contributed by atoms with Gasteiger partial charge in [0.25, 0.3) is 5.56 Å². The first-order valence-electron chi connectivity index (χ1n) is 7.47. The van der Waals surface area contributed by atoms with Crippen LogP contribution in [0.3, 0.4) is 0 Å². The van der Waals surface area contributed by atoms with E-state index in [4.69, 9.17) is 18.0 Å². The van der Waals surface area contributed by atoms with Crippen molar-refractivity contribution in [2.75, 3.05) is 23.4 Å². The van der Waals surface area contributed by atoms with E-state index in [-0.39, 0.29) is 6.54 Å². The molecule has 2 aromatic rings. The van der Waals surface area contributed by atoms with E-state index in [2.05, 4.69) is 22.7 Å². The molecule has 25 heavy (non-hydrogen) atoms. The van der Waals surface area contributed by atoms with Gasteiger partial charge in [0, 0.05) is 24.7 Å². The zero-order valence-corrected chi connectivity index (χ0v) is 14.5. The number of hydrogen-bond acceptors (Lipinski definition) is 4. The number of rotatable bonds is 1. The van der Waals surface area contributed by atoms with Crippen LogP contribution in [-0.4, -0.2) is 29.3 Å². The molecule has 1 aromatic carbocycles. The van der Waals surface area contributed by atoms with Crippen LogP contribution in [0.4, 0.5) is 11.5 Å². The smallest absolute Gasteiger partial charge is 0.329 e. The summed E-state index contributed by atoms with van der Waals surface area (Å²) in [6.07, 6.45) is 5.00. The SMILES string of the molecule is C#CCN1c2c(c(=O)[nH]c(=O)n2C)N(C)C1C#Cc1cccc(Cl)c1. The molecule has 1 aromatic heterocycles. The molecular formula is C18H15ClN4O2. The highest BCUT2D eigenvalue weighted by atomic mass is 35.5. The van der Waals surface area contributed by atoms with Gasteiger partial charge in [0.1, 0.15) is 11.5 Å². The van der Waals surface area contributed by atoms with E-state index in [0.717, 1.165) is 5.56 Å². The Hall–Kier alpha value is -3.09. The minimum absolute atomic E-state index is 0.211. The molecule has 1 unspecified atom stereocenters. The molecule has 0 bridgehead atoms. The van der Waals surface area contributed by atoms with Gasteiger partial charge < -0.3 is 9.80 Å². The van der Waals surface area contributed by atoms with Crippen LogP contribution in [-0.2, 0) is 7.05 Å². The molecule has 0 radical (unpaired) electrons. The Morgan fingerprint density at radius 3 is 2.76 bits per heavy atom. The summed E-state index contributed by atoms with van der Waals surface area (Å²) in [5, 5.41) is 0.592. The fourth-order valence-corrected chi connectivity index (χ4v) is 3.03. The molecule has 0 amide bonds. The lowest BCUT2D eigenvalue weighted by atomic mass is 10.2. The van der Waals surface area contributed by atoms with Crippen LogP contribution in [0.5, 0.6) is 0 Å². The Morgan fingerprint density at radius 1 is 1.32 bits per heavy atom. The maximum atomic E-state index is 12.3. The number of aromatic amines is 1. The highest BCUT2D eigenvalue weighted by molar-refractivity contribution is 6.30. The number of terminal acetylenes is 1. The number of H-pyrrole nitrogens is 1. The predicted octanol–water partition coefficient (Wildman–Crippen LogP) is 0.994. The Morgan fingerprint density at radius 2 is 2.08 bits per heavy atom. The second-order valence-electron chi connectivity index (χ2n) is 5.59. The average molecular weight is 355 g/mol. The summed E-state index contributed by atoms with van der Waals surface area (Å²) in [5.41, 5.74) is 0.153. The topological polar surface area (TPSA) is 61.3 Å². The highest BCUT2D eigenvalue weighted by Gasteiger charge is 2.36. The summed E-state index contributed by atoms with van der Waals surface area (Å²) in [6, 6.07) is 7.18. The van der Waals surface area contributed by atoms with Crippen molar-refractivity contribution >= 4 is 23.1 Å². The van der Waals surface area contributed by atoms with Gasteiger partial charge >= 0.3 is 5.69 Å². The zero-order chi connectivity index (χ0) is 18.1. The third-order valence-corrected chi connectivity index (χ3v) is 4.22. The molecule has 0 fully saturated rings. The van der Waals surface area contributed by atoms with Crippen molar-refractivity contribution in [3.05, 3.63) is 55.7 Å². The molecule has 7 heteroatoms. The first kappa shape index (κ1) is 16.8. The van der Waals surface area contributed by atoms with E-state index in [0.29, 0.717) is 16.5 Å². The molecule has 1 atom stereocenters. The highest BCUT2D eigenvalue weighted by Crippen LogP contribution is 2.33. The van der Waals surface area contributed by atoms with Crippen molar-refractivity contribution < 1.29 is 0 Å². The molecular weight excluding hydrogens is 340 g/mol. The van der Waals surface area contributed by atoms with E-state index in [9.17, 15) is 9.59 Å². The van der Waals surface area contributed by atoms with Gasteiger partial charge in [0.2, 0.25) is 0 Å². The molecule has 0 saturated carbocycles. The Balaban J connectivity index is 2.11. The molecule has 0 aliphatic carbocycles. The van der Waals surface area contributed by atoms with Crippen LogP contribution in [0.2, 0.25) is 5.02 Å². The summed E-state index contributed by atoms with van der Waals surface area (Å²) in [6.45, 7) is 0.211. The van der Waals surface area contributed by atoms with Gasteiger partial charge in [-0.05, 0) is 18.2 Å². The van der Waals surface area contributed by atoms with E-state index in [1.165, 1.54) is 4.57 Å². The quantitative estimate of drug-likeness (QED) is 0.776. The van der Waals surface area contributed by atoms with Crippen molar-refractivity contribution in [2.24, 2.45) is 7.05 Å². The van der Waals surface area contributed by atoms with E-state index in [1.807, 2.05) is 12.1 Å². The van der Waals surface area contributed by atoms with Crippen molar-refractivity contribution in [3.8, 4) is 24.2 Å². The van der Waals surface area contributed by atoms with Crippen LogP contribution in [0, 0.1) is 24.2 Å². The second-order valence-corrected chi connectivity index (χ2v) is 6.02. The summed E-state index contributed by atoms with van der Waals surface area (Å²) in [7, 11) is 3.33. The van der Waals surface area contributed by atoms with Gasteiger partial charge in [-0.15, -0.1) is 6.42 Å². The molecule has 0 spiro atoms. The summed E-state index contributed by atoms with van der Waals surface area (Å²) < 4.78 is 1.37. The zero-order valence-electron chi connectivity index (χ0n) is 13.7. The fraction of sp³-hybridized carbons (Fsp3) is 0.222.